The van der Waals surface area contributed by atoms with Gasteiger partial charge < -0.3 is 5.32 Å². The summed E-state index contributed by atoms with van der Waals surface area (Å²) in [6, 6.07) is 17.6. The first-order valence-corrected chi connectivity index (χ1v) is 8.78. The van der Waals surface area contributed by atoms with Crippen molar-refractivity contribution in [3.05, 3.63) is 89.5 Å². The summed E-state index contributed by atoms with van der Waals surface area (Å²) in [5.41, 5.74) is 3.92. The van der Waals surface area contributed by atoms with E-state index in [1.54, 1.807) is 29.1 Å². The van der Waals surface area contributed by atoms with Crippen molar-refractivity contribution in [3.8, 4) is 11.3 Å². The lowest BCUT2D eigenvalue weighted by atomic mass is 10.1. The van der Waals surface area contributed by atoms with E-state index in [1.165, 1.54) is 12.1 Å². The molecule has 0 saturated heterocycles. The van der Waals surface area contributed by atoms with Crippen LogP contribution < -0.4 is 5.32 Å². The molecular weight excluding hydrogens is 357 g/mol. The Morgan fingerprint density at radius 2 is 1.96 bits per heavy atom. The van der Waals surface area contributed by atoms with E-state index in [1.807, 2.05) is 37.3 Å². The molecule has 0 aliphatic heterocycles. The van der Waals surface area contributed by atoms with Gasteiger partial charge in [0.2, 0.25) is 0 Å². The molecule has 6 nitrogen and oxygen atoms in total. The Bertz CT molecular complexity index is 1110. The Morgan fingerprint density at radius 3 is 2.75 bits per heavy atom. The molecule has 2 N–H and O–H groups in total. The van der Waals surface area contributed by atoms with Crippen LogP contribution in [0.3, 0.4) is 0 Å². The first-order chi connectivity index (χ1) is 13.6. The van der Waals surface area contributed by atoms with Gasteiger partial charge in [0.05, 0.1) is 12.2 Å². The van der Waals surface area contributed by atoms with Crippen LogP contribution in [-0.2, 0) is 6.54 Å². The zero-order valence-corrected chi connectivity index (χ0v) is 15.2. The predicted molar refractivity (Wildman–Crippen MR) is 104 cm³/mol. The van der Waals surface area contributed by atoms with Gasteiger partial charge in [-0.05, 0) is 30.7 Å². The molecule has 0 fully saturated rings. The van der Waals surface area contributed by atoms with Gasteiger partial charge in [0.1, 0.15) is 11.5 Å². The zero-order valence-electron chi connectivity index (χ0n) is 15.2. The fraction of sp³-hybridized carbons (Fsp3) is 0.0952. The van der Waals surface area contributed by atoms with Crippen molar-refractivity contribution in [2.24, 2.45) is 0 Å². The lowest BCUT2D eigenvalue weighted by Crippen LogP contribution is -2.13. The van der Waals surface area contributed by atoms with Gasteiger partial charge >= 0.3 is 0 Å². The molecule has 0 unspecified atom stereocenters. The van der Waals surface area contributed by atoms with E-state index in [0.717, 1.165) is 16.7 Å². The minimum atomic E-state index is -0.332. The second-order valence-corrected chi connectivity index (χ2v) is 6.52. The number of rotatable bonds is 5. The van der Waals surface area contributed by atoms with Crippen LogP contribution in [0.4, 0.5) is 10.2 Å². The van der Waals surface area contributed by atoms with Crippen molar-refractivity contribution in [2.45, 2.75) is 13.5 Å². The number of aryl methyl sites for hydroxylation is 1. The number of H-pyrrole nitrogens is 1. The number of benzene rings is 2. The Balaban J connectivity index is 1.43. The molecule has 0 aliphatic rings. The second-order valence-electron chi connectivity index (χ2n) is 6.52. The third-order valence-electron chi connectivity index (χ3n) is 4.29. The maximum Gasteiger partial charge on any atom is 0.274 e. The Kier molecular flexibility index (Phi) is 4.72. The molecule has 7 heteroatoms. The van der Waals surface area contributed by atoms with Crippen molar-refractivity contribution in [1.82, 2.24) is 20.0 Å². The maximum absolute atomic E-state index is 13.3. The maximum atomic E-state index is 13.3. The molecule has 0 spiro atoms. The van der Waals surface area contributed by atoms with Crippen LogP contribution in [0.5, 0.6) is 0 Å². The molecule has 4 aromatic rings. The topological polar surface area (TPSA) is 75.6 Å². The lowest BCUT2D eigenvalue weighted by molar-refractivity contribution is 0.102. The number of hydrogen-bond donors (Lipinski definition) is 2. The van der Waals surface area contributed by atoms with Crippen molar-refractivity contribution in [1.29, 1.82) is 0 Å². The molecule has 0 atom stereocenters. The molecule has 4 rings (SSSR count). The van der Waals surface area contributed by atoms with E-state index in [4.69, 9.17) is 0 Å². The van der Waals surface area contributed by atoms with Gasteiger partial charge in [0, 0.05) is 17.8 Å². The normalized spacial score (nSPS) is 10.8. The van der Waals surface area contributed by atoms with Crippen molar-refractivity contribution in [2.75, 3.05) is 5.32 Å². The van der Waals surface area contributed by atoms with E-state index >= 15 is 0 Å². The highest BCUT2D eigenvalue weighted by Gasteiger charge is 2.12. The summed E-state index contributed by atoms with van der Waals surface area (Å²) in [7, 11) is 0. The predicted octanol–water partition coefficient (Wildman–Crippen LogP) is 4.02. The standard InChI is InChI=1S/C21H18FN5O/c1-14-5-7-16(8-6-14)18-12-19(25-24-18)21(28)23-20-9-10-27(26-20)13-15-3-2-4-17(22)11-15/h2-12H,13H2,1H3,(H,24,25)(H,23,26,28). The zero-order chi connectivity index (χ0) is 19.5. The summed E-state index contributed by atoms with van der Waals surface area (Å²) in [5, 5.41) is 14.0. The average molecular weight is 375 g/mol. The minimum absolute atomic E-state index is 0.290. The van der Waals surface area contributed by atoms with E-state index in [-0.39, 0.29) is 11.7 Å². The van der Waals surface area contributed by atoms with Gasteiger partial charge in [0.25, 0.3) is 5.91 Å². The van der Waals surface area contributed by atoms with Gasteiger partial charge in [-0.2, -0.15) is 10.2 Å². The van der Waals surface area contributed by atoms with Crippen molar-refractivity contribution >= 4 is 11.7 Å². The molecule has 28 heavy (non-hydrogen) atoms. The highest BCUT2D eigenvalue weighted by molar-refractivity contribution is 6.02. The average Bonchev–Trinajstić information content (AvgIpc) is 3.32. The van der Waals surface area contributed by atoms with Crippen LogP contribution in [0.2, 0.25) is 0 Å². The van der Waals surface area contributed by atoms with Crippen molar-refractivity contribution < 1.29 is 9.18 Å². The molecular formula is C21H18FN5O. The number of carbonyl (C=O) groups is 1. The van der Waals surface area contributed by atoms with Crippen LogP contribution in [0.25, 0.3) is 11.3 Å². The van der Waals surface area contributed by atoms with Gasteiger partial charge in [-0.25, -0.2) is 4.39 Å². The van der Waals surface area contributed by atoms with E-state index < -0.39 is 0 Å². The number of hydrogen-bond acceptors (Lipinski definition) is 3. The molecule has 140 valence electrons. The van der Waals surface area contributed by atoms with Gasteiger partial charge in [0.15, 0.2) is 5.82 Å². The number of carbonyl (C=O) groups excluding carboxylic acids is 1. The van der Waals surface area contributed by atoms with Crippen LogP contribution in [0.15, 0.2) is 66.9 Å². The molecule has 0 saturated carbocycles. The fourth-order valence-corrected chi connectivity index (χ4v) is 2.83. The highest BCUT2D eigenvalue weighted by Crippen LogP contribution is 2.18. The summed E-state index contributed by atoms with van der Waals surface area (Å²) in [4.78, 5) is 12.4. The molecule has 0 aliphatic carbocycles. The minimum Gasteiger partial charge on any atom is -0.304 e. The number of halogens is 1. The molecule has 1 amide bonds. The van der Waals surface area contributed by atoms with Gasteiger partial charge in [-0.1, -0.05) is 42.0 Å². The number of amides is 1. The van der Waals surface area contributed by atoms with E-state index in [0.29, 0.717) is 23.8 Å². The quantitative estimate of drug-likeness (QED) is 0.553. The van der Waals surface area contributed by atoms with Gasteiger partial charge in [-0.3, -0.25) is 14.6 Å². The van der Waals surface area contributed by atoms with E-state index in [2.05, 4.69) is 20.6 Å². The monoisotopic (exact) mass is 375 g/mol. The first-order valence-electron chi connectivity index (χ1n) is 8.78. The fourth-order valence-electron chi connectivity index (χ4n) is 2.83. The van der Waals surface area contributed by atoms with Crippen molar-refractivity contribution in [3.63, 3.8) is 0 Å². The lowest BCUT2D eigenvalue weighted by Gasteiger charge is -2.02. The number of nitrogens with one attached hydrogen (secondary N) is 2. The molecule has 2 aromatic heterocycles. The first kappa shape index (κ1) is 17.7. The number of aromatic amines is 1. The Morgan fingerprint density at radius 1 is 1.14 bits per heavy atom. The van der Waals surface area contributed by atoms with Crippen LogP contribution >= 0.6 is 0 Å². The number of nitrogens with zero attached hydrogens (tertiary/aromatic N) is 3. The Hall–Kier alpha value is -3.74. The molecule has 0 bridgehead atoms. The highest BCUT2D eigenvalue weighted by atomic mass is 19.1. The van der Waals surface area contributed by atoms with Gasteiger partial charge in [-0.15, -0.1) is 0 Å². The second kappa shape index (κ2) is 7.48. The smallest absolute Gasteiger partial charge is 0.274 e. The summed E-state index contributed by atoms with van der Waals surface area (Å²) < 4.78 is 14.9. The summed E-state index contributed by atoms with van der Waals surface area (Å²) >= 11 is 0. The summed E-state index contributed by atoms with van der Waals surface area (Å²) in [5.74, 6) is -0.212. The van der Waals surface area contributed by atoms with Crippen LogP contribution in [-0.4, -0.2) is 25.9 Å². The largest absolute Gasteiger partial charge is 0.304 e. The number of anilines is 1. The molecule has 2 aromatic carbocycles. The van der Waals surface area contributed by atoms with E-state index in [9.17, 15) is 9.18 Å². The SMILES string of the molecule is Cc1ccc(-c2cc(C(=O)Nc3ccn(Cc4cccc(F)c4)n3)[nH]n2)cc1. The summed E-state index contributed by atoms with van der Waals surface area (Å²) in [6.45, 7) is 2.43. The Labute approximate surface area is 161 Å². The summed E-state index contributed by atoms with van der Waals surface area (Å²) in [6.07, 6.45) is 1.73. The van der Waals surface area contributed by atoms with Crippen LogP contribution in [0, 0.1) is 12.7 Å². The molecule has 0 radical (unpaired) electrons. The third kappa shape index (κ3) is 3.98. The third-order valence-corrected chi connectivity index (χ3v) is 4.29. The van der Waals surface area contributed by atoms with Crippen LogP contribution in [0.1, 0.15) is 21.6 Å². The molecule has 2 heterocycles. The number of aromatic nitrogens is 4.